The minimum Gasteiger partial charge on any atom is -0.393 e. The SMILES string of the molecule is OCC1(c2ccccn2)C=CC=CN1. The maximum atomic E-state index is 9.41. The molecule has 2 rings (SSSR count). The smallest absolute Gasteiger partial charge is 0.121 e. The van der Waals surface area contributed by atoms with Crippen molar-refractivity contribution < 1.29 is 5.11 Å². The van der Waals surface area contributed by atoms with Crippen molar-refractivity contribution in [1.29, 1.82) is 0 Å². The number of aliphatic hydroxyl groups excluding tert-OH is 1. The summed E-state index contributed by atoms with van der Waals surface area (Å²) in [6.07, 6.45) is 9.24. The van der Waals surface area contributed by atoms with Crippen LogP contribution in [-0.4, -0.2) is 16.7 Å². The van der Waals surface area contributed by atoms with Gasteiger partial charge < -0.3 is 10.4 Å². The molecule has 0 bridgehead atoms. The van der Waals surface area contributed by atoms with Crippen molar-refractivity contribution in [3.8, 4) is 0 Å². The van der Waals surface area contributed by atoms with Crippen molar-refractivity contribution in [1.82, 2.24) is 10.3 Å². The van der Waals surface area contributed by atoms with Crippen LogP contribution in [0, 0.1) is 0 Å². The Balaban J connectivity index is 2.39. The standard InChI is InChI=1S/C11H12N2O/c14-9-11(6-2-4-8-13-11)10-5-1-3-7-12-10/h1-8,13-14H,9H2. The fraction of sp³-hybridized carbons (Fsp3) is 0.182. The summed E-state index contributed by atoms with van der Waals surface area (Å²) >= 11 is 0. The van der Waals surface area contributed by atoms with Crippen LogP contribution >= 0.6 is 0 Å². The van der Waals surface area contributed by atoms with Gasteiger partial charge in [0.2, 0.25) is 0 Å². The number of rotatable bonds is 2. The predicted molar refractivity (Wildman–Crippen MR) is 54.4 cm³/mol. The molecule has 1 unspecified atom stereocenters. The van der Waals surface area contributed by atoms with Crippen molar-refractivity contribution in [3.63, 3.8) is 0 Å². The molecule has 0 aliphatic carbocycles. The first-order chi connectivity index (χ1) is 6.87. The molecular weight excluding hydrogens is 176 g/mol. The molecule has 0 spiro atoms. The van der Waals surface area contributed by atoms with Gasteiger partial charge in [-0.05, 0) is 24.4 Å². The number of aromatic nitrogens is 1. The molecule has 3 nitrogen and oxygen atoms in total. The number of dihydropyridines is 1. The van der Waals surface area contributed by atoms with Gasteiger partial charge in [0.25, 0.3) is 0 Å². The Hall–Kier alpha value is -1.61. The predicted octanol–water partition coefficient (Wildman–Crippen LogP) is 0.942. The lowest BCUT2D eigenvalue weighted by Crippen LogP contribution is -2.42. The molecule has 1 aliphatic heterocycles. The van der Waals surface area contributed by atoms with Gasteiger partial charge in [0.1, 0.15) is 5.54 Å². The molecule has 1 aliphatic rings. The quantitative estimate of drug-likeness (QED) is 0.726. The Morgan fingerprint density at radius 3 is 2.86 bits per heavy atom. The van der Waals surface area contributed by atoms with Gasteiger partial charge in [-0.3, -0.25) is 4.98 Å². The van der Waals surface area contributed by atoms with E-state index < -0.39 is 5.54 Å². The first-order valence-electron chi connectivity index (χ1n) is 4.52. The Labute approximate surface area is 82.8 Å². The number of nitrogens with one attached hydrogen (secondary N) is 1. The summed E-state index contributed by atoms with van der Waals surface area (Å²) in [7, 11) is 0. The third-order valence-electron chi connectivity index (χ3n) is 2.30. The third-order valence-corrected chi connectivity index (χ3v) is 2.30. The monoisotopic (exact) mass is 188 g/mol. The van der Waals surface area contributed by atoms with E-state index in [4.69, 9.17) is 0 Å². The van der Waals surface area contributed by atoms with Gasteiger partial charge in [-0.25, -0.2) is 0 Å². The molecule has 3 heteroatoms. The number of nitrogens with zero attached hydrogens (tertiary/aromatic N) is 1. The van der Waals surface area contributed by atoms with E-state index in [1.54, 1.807) is 6.20 Å². The average Bonchev–Trinajstić information content (AvgIpc) is 2.31. The summed E-state index contributed by atoms with van der Waals surface area (Å²) in [6.45, 7) is -0.00907. The van der Waals surface area contributed by atoms with Crippen LogP contribution in [0.5, 0.6) is 0 Å². The van der Waals surface area contributed by atoms with Crippen LogP contribution in [0.1, 0.15) is 5.69 Å². The van der Waals surface area contributed by atoms with Gasteiger partial charge >= 0.3 is 0 Å². The first kappa shape index (κ1) is 8.97. The Bertz CT molecular complexity index is 359. The summed E-state index contributed by atoms with van der Waals surface area (Å²) in [5, 5.41) is 12.5. The minimum atomic E-state index is -0.560. The van der Waals surface area contributed by atoms with E-state index in [0.29, 0.717) is 0 Å². The van der Waals surface area contributed by atoms with Gasteiger partial charge in [-0.2, -0.15) is 0 Å². The highest BCUT2D eigenvalue weighted by atomic mass is 16.3. The van der Waals surface area contributed by atoms with Crippen LogP contribution in [0.15, 0.2) is 48.8 Å². The summed E-state index contributed by atoms with van der Waals surface area (Å²) < 4.78 is 0. The highest BCUT2D eigenvalue weighted by Gasteiger charge is 2.29. The lowest BCUT2D eigenvalue weighted by atomic mass is 9.93. The van der Waals surface area contributed by atoms with Crippen molar-refractivity contribution in [2.75, 3.05) is 6.61 Å². The van der Waals surface area contributed by atoms with Gasteiger partial charge in [0, 0.05) is 6.20 Å². The van der Waals surface area contributed by atoms with Crippen LogP contribution < -0.4 is 5.32 Å². The van der Waals surface area contributed by atoms with Crippen LogP contribution in [0.3, 0.4) is 0 Å². The van der Waals surface area contributed by atoms with E-state index >= 15 is 0 Å². The molecule has 1 atom stereocenters. The molecule has 0 radical (unpaired) electrons. The first-order valence-corrected chi connectivity index (χ1v) is 4.52. The van der Waals surface area contributed by atoms with Crippen molar-refractivity contribution in [3.05, 3.63) is 54.5 Å². The van der Waals surface area contributed by atoms with Crippen molar-refractivity contribution >= 4 is 0 Å². The third kappa shape index (κ3) is 1.42. The van der Waals surface area contributed by atoms with Crippen LogP contribution in [0.4, 0.5) is 0 Å². The lowest BCUT2D eigenvalue weighted by molar-refractivity contribution is 0.205. The molecule has 0 aromatic carbocycles. The number of allylic oxidation sites excluding steroid dienone is 2. The molecule has 0 amide bonds. The summed E-state index contributed by atoms with van der Waals surface area (Å²) in [6, 6.07) is 5.66. The molecular formula is C11H12N2O. The van der Waals surface area contributed by atoms with Crippen LogP contribution in [0.25, 0.3) is 0 Å². The van der Waals surface area contributed by atoms with E-state index in [0.717, 1.165) is 5.69 Å². The second-order valence-electron chi connectivity index (χ2n) is 3.21. The zero-order chi connectivity index (χ0) is 9.86. The molecule has 0 saturated heterocycles. The fourth-order valence-corrected chi connectivity index (χ4v) is 1.49. The second-order valence-corrected chi connectivity index (χ2v) is 3.21. The number of hydrogen-bond donors (Lipinski definition) is 2. The summed E-state index contributed by atoms with van der Waals surface area (Å²) in [5.74, 6) is 0. The van der Waals surface area contributed by atoms with Crippen molar-refractivity contribution in [2.24, 2.45) is 0 Å². The van der Waals surface area contributed by atoms with Crippen molar-refractivity contribution in [2.45, 2.75) is 5.54 Å². The lowest BCUT2D eigenvalue weighted by Gasteiger charge is -2.30. The molecule has 1 aromatic heterocycles. The van der Waals surface area contributed by atoms with Gasteiger partial charge in [-0.15, -0.1) is 0 Å². The highest BCUT2D eigenvalue weighted by molar-refractivity contribution is 5.29. The molecule has 72 valence electrons. The van der Waals surface area contributed by atoms with E-state index in [1.807, 2.05) is 42.6 Å². The number of aliphatic hydroxyl groups is 1. The summed E-state index contributed by atoms with van der Waals surface area (Å²) in [4.78, 5) is 4.24. The molecule has 0 saturated carbocycles. The maximum absolute atomic E-state index is 9.41. The zero-order valence-corrected chi connectivity index (χ0v) is 7.72. The zero-order valence-electron chi connectivity index (χ0n) is 7.72. The molecule has 14 heavy (non-hydrogen) atoms. The van der Waals surface area contributed by atoms with Gasteiger partial charge in [-0.1, -0.05) is 18.2 Å². The summed E-state index contributed by atoms with van der Waals surface area (Å²) in [5.41, 5.74) is 0.263. The van der Waals surface area contributed by atoms with Gasteiger partial charge in [0.05, 0.1) is 12.3 Å². The Morgan fingerprint density at radius 1 is 1.36 bits per heavy atom. The van der Waals surface area contributed by atoms with E-state index in [1.165, 1.54) is 0 Å². The average molecular weight is 188 g/mol. The van der Waals surface area contributed by atoms with E-state index in [9.17, 15) is 5.11 Å². The number of pyridine rings is 1. The van der Waals surface area contributed by atoms with Gasteiger partial charge in [0.15, 0.2) is 0 Å². The normalized spacial score (nSPS) is 24.6. The second kappa shape index (κ2) is 3.64. The van der Waals surface area contributed by atoms with E-state index in [2.05, 4.69) is 10.3 Å². The highest BCUT2D eigenvalue weighted by Crippen LogP contribution is 2.22. The number of hydrogen-bond acceptors (Lipinski definition) is 3. The van der Waals surface area contributed by atoms with E-state index in [-0.39, 0.29) is 6.61 Å². The fourth-order valence-electron chi connectivity index (χ4n) is 1.49. The van der Waals surface area contributed by atoms with Crippen LogP contribution in [0.2, 0.25) is 0 Å². The molecule has 1 aromatic rings. The Kier molecular flexibility index (Phi) is 2.33. The largest absolute Gasteiger partial charge is 0.393 e. The molecule has 0 fully saturated rings. The molecule has 2 heterocycles. The Morgan fingerprint density at radius 2 is 2.29 bits per heavy atom. The van der Waals surface area contributed by atoms with Crippen LogP contribution in [-0.2, 0) is 5.54 Å². The molecule has 2 N–H and O–H groups in total. The topological polar surface area (TPSA) is 45.2 Å². The minimum absolute atomic E-state index is 0.00907. The maximum Gasteiger partial charge on any atom is 0.121 e.